The van der Waals surface area contributed by atoms with Gasteiger partial charge in [0.2, 0.25) is 0 Å². The molecule has 4 nitrogen and oxygen atoms in total. The Kier molecular flexibility index (Phi) is 7.61. The van der Waals surface area contributed by atoms with E-state index in [1.165, 1.54) is 0 Å². The third-order valence-corrected chi connectivity index (χ3v) is 8.57. The highest BCUT2D eigenvalue weighted by molar-refractivity contribution is 7.69. The Bertz CT molecular complexity index is 1360. The lowest BCUT2D eigenvalue weighted by atomic mass is 9.75. The van der Waals surface area contributed by atoms with Crippen LogP contribution < -0.4 is 10.6 Å². The second kappa shape index (κ2) is 10.7. The molecule has 0 unspecified atom stereocenters. The molecule has 4 aromatic rings. The third-order valence-electron chi connectivity index (χ3n) is 6.69. The van der Waals surface area contributed by atoms with Gasteiger partial charge in [-0.25, -0.2) is 0 Å². The van der Waals surface area contributed by atoms with Gasteiger partial charge >= 0.3 is 11.9 Å². The molecule has 0 aliphatic rings. The zero-order valence-electron chi connectivity index (χ0n) is 21.5. The second-order valence-electron chi connectivity index (χ2n) is 9.99. The highest BCUT2D eigenvalue weighted by Crippen LogP contribution is 2.42. The van der Waals surface area contributed by atoms with Crippen LogP contribution in [0.1, 0.15) is 38.8 Å². The molecular weight excluding hydrogens is 479 g/mol. The molecular formula is C32H31O4P. The molecule has 4 rings (SSSR count). The lowest BCUT2D eigenvalue weighted by Crippen LogP contribution is -2.33. The van der Waals surface area contributed by atoms with E-state index in [1.54, 1.807) is 13.8 Å². The highest BCUT2D eigenvalue weighted by atomic mass is 31.1. The van der Waals surface area contributed by atoms with Crippen molar-refractivity contribution >= 4 is 30.7 Å². The van der Waals surface area contributed by atoms with E-state index in [0.717, 1.165) is 27.3 Å². The van der Waals surface area contributed by atoms with Gasteiger partial charge in [0.15, 0.2) is 8.15 Å². The van der Waals surface area contributed by atoms with Gasteiger partial charge in [-0.2, -0.15) is 0 Å². The zero-order valence-corrected chi connectivity index (χ0v) is 22.4. The number of carbonyl (C=O) groups excluding carboxylic acids is 1. The normalized spacial score (nSPS) is 11.8. The Morgan fingerprint density at radius 3 is 1.41 bits per heavy atom. The van der Waals surface area contributed by atoms with Gasteiger partial charge < -0.3 is 9.63 Å². The number of hydrogen-bond acceptors (Lipinski definition) is 3. The number of benzene rings is 4. The fraction of sp³-hybridized carbons (Fsp3) is 0.188. The molecule has 5 heteroatoms. The summed E-state index contributed by atoms with van der Waals surface area (Å²) in [5.74, 6) is -1.25. The van der Waals surface area contributed by atoms with Crippen LogP contribution in [0.2, 0.25) is 0 Å². The van der Waals surface area contributed by atoms with Crippen LogP contribution in [-0.4, -0.2) is 17.0 Å². The standard InChI is InChI=1S/C32H31O4P/c1-31(2,29(33)34)27-21-13-11-19-25(27)26-20-12-14-22-28(26)32(3,4)30(35)36-37(23-15-7-5-8-16-23)24-17-9-6-10-18-24/h5-22H,1-4H3,(H,33,34). The second-order valence-corrected chi connectivity index (χ2v) is 11.8. The van der Waals surface area contributed by atoms with Gasteiger partial charge in [0.1, 0.15) is 0 Å². The maximum atomic E-state index is 13.9. The third kappa shape index (κ3) is 5.35. The van der Waals surface area contributed by atoms with Gasteiger partial charge in [-0.1, -0.05) is 109 Å². The molecule has 0 amide bonds. The number of rotatable bonds is 8. The Hall–Kier alpha value is -3.75. The topological polar surface area (TPSA) is 63.6 Å². The Morgan fingerprint density at radius 1 is 0.595 bits per heavy atom. The molecule has 37 heavy (non-hydrogen) atoms. The van der Waals surface area contributed by atoms with E-state index >= 15 is 0 Å². The average Bonchev–Trinajstić information content (AvgIpc) is 2.92. The van der Waals surface area contributed by atoms with E-state index < -0.39 is 24.9 Å². The average molecular weight is 511 g/mol. The maximum absolute atomic E-state index is 13.9. The molecule has 0 radical (unpaired) electrons. The van der Waals surface area contributed by atoms with Crippen LogP contribution in [0.5, 0.6) is 0 Å². The smallest absolute Gasteiger partial charge is 0.319 e. The van der Waals surface area contributed by atoms with Crippen LogP contribution in [0.25, 0.3) is 11.1 Å². The van der Waals surface area contributed by atoms with E-state index in [9.17, 15) is 14.7 Å². The van der Waals surface area contributed by atoms with E-state index in [2.05, 4.69) is 0 Å². The van der Waals surface area contributed by atoms with Gasteiger partial charge in [-0.3, -0.25) is 9.59 Å². The zero-order chi connectivity index (χ0) is 26.6. The van der Waals surface area contributed by atoms with E-state index in [4.69, 9.17) is 4.52 Å². The molecule has 0 fully saturated rings. The van der Waals surface area contributed by atoms with Crippen LogP contribution in [0, 0.1) is 0 Å². The maximum Gasteiger partial charge on any atom is 0.319 e. The molecule has 0 saturated carbocycles. The summed E-state index contributed by atoms with van der Waals surface area (Å²) in [5.41, 5.74) is 0.974. The molecule has 0 aliphatic heterocycles. The molecule has 1 N–H and O–H groups in total. The summed E-state index contributed by atoms with van der Waals surface area (Å²) in [4.78, 5) is 26.0. The molecule has 188 valence electrons. The van der Waals surface area contributed by atoms with E-state index in [-0.39, 0.29) is 5.97 Å². The van der Waals surface area contributed by atoms with Crippen molar-refractivity contribution in [3.63, 3.8) is 0 Å². The quantitative estimate of drug-likeness (QED) is 0.272. The van der Waals surface area contributed by atoms with Crippen molar-refractivity contribution < 1.29 is 19.2 Å². The van der Waals surface area contributed by atoms with Crippen LogP contribution in [-0.2, 0) is 24.9 Å². The molecule has 0 heterocycles. The van der Waals surface area contributed by atoms with E-state index in [0.29, 0.717) is 5.56 Å². The first-order valence-electron chi connectivity index (χ1n) is 12.2. The fourth-order valence-electron chi connectivity index (χ4n) is 4.33. The Labute approximate surface area is 219 Å². The summed E-state index contributed by atoms with van der Waals surface area (Å²) < 4.78 is 6.30. The molecule has 0 bridgehead atoms. The van der Waals surface area contributed by atoms with Gasteiger partial charge in [-0.15, -0.1) is 0 Å². The minimum atomic E-state index is -1.37. The van der Waals surface area contributed by atoms with Crippen LogP contribution in [0.4, 0.5) is 0 Å². The summed E-state index contributed by atoms with van der Waals surface area (Å²) in [6, 6.07) is 34.8. The first kappa shape index (κ1) is 26.3. The monoisotopic (exact) mass is 510 g/mol. The van der Waals surface area contributed by atoms with Gasteiger partial charge in [0.25, 0.3) is 0 Å². The summed E-state index contributed by atoms with van der Waals surface area (Å²) in [5, 5.41) is 11.8. The summed E-state index contributed by atoms with van der Waals surface area (Å²) in [7, 11) is -1.37. The summed E-state index contributed by atoms with van der Waals surface area (Å²) in [6.45, 7) is 7.12. The lowest BCUT2D eigenvalue weighted by Gasteiger charge is -2.30. The van der Waals surface area contributed by atoms with Crippen molar-refractivity contribution in [1.29, 1.82) is 0 Å². The SMILES string of the molecule is CC(C)(C(=O)O)c1ccccc1-c1ccccc1C(C)(C)C(=O)OP(c1ccccc1)c1ccccc1. The largest absolute Gasteiger partial charge is 0.481 e. The van der Waals surface area contributed by atoms with Crippen LogP contribution in [0.3, 0.4) is 0 Å². The summed E-state index contributed by atoms with van der Waals surface area (Å²) in [6.07, 6.45) is 0. The first-order valence-corrected chi connectivity index (χ1v) is 13.5. The van der Waals surface area contributed by atoms with Crippen LogP contribution in [0.15, 0.2) is 109 Å². The fourth-order valence-corrected chi connectivity index (χ4v) is 6.12. The summed E-state index contributed by atoms with van der Waals surface area (Å²) >= 11 is 0. The number of carboxylic acid groups (broad SMARTS) is 1. The molecule has 0 atom stereocenters. The number of hydrogen-bond donors (Lipinski definition) is 1. The van der Waals surface area contributed by atoms with Crippen molar-refractivity contribution in [1.82, 2.24) is 0 Å². The Morgan fingerprint density at radius 2 is 0.973 bits per heavy atom. The van der Waals surface area contributed by atoms with Crippen molar-refractivity contribution in [2.75, 3.05) is 0 Å². The number of carbonyl (C=O) groups is 2. The van der Waals surface area contributed by atoms with Crippen molar-refractivity contribution in [2.45, 2.75) is 38.5 Å². The molecule has 0 aliphatic carbocycles. The van der Waals surface area contributed by atoms with Crippen molar-refractivity contribution in [2.24, 2.45) is 0 Å². The molecule has 4 aromatic carbocycles. The molecule has 0 spiro atoms. The number of aliphatic carboxylic acids is 1. The van der Waals surface area contributed by atoms with E-state index in [1.807, 2.05) is 123 Å². The number of carboxylic acids is 1. The van der Waals surface area contributed by atoms with Crippen molar-refractivity contribution in [3.8, 4) is 11.1 Å². The minimum absolute atomic E-state index is 0.339. The highest BCUT2D eigenvalue weighted by Gasteiger charge is 2.38. The predicted octanol–water partition coefficient (Wildman–Crippen LogP) is 6.58. The first-order chi connectivity index (χ1) is 17.6. The predicted molar refractivity (Wildman–Crippen MR) is 151 cm³/mol. The minimum Gasteiger partial charge on any atom is -0.481 e. The van der Waals surface area contributed by atoms with Gasteiger partial charge in [-0.05, 0) is 49.9 Å². The molecule has 0 aromatic heterocycles. The Balaban J connectivity index is 1.77. The molecule has 0 saturated heterocycles. The van der Waals surface area contributed by atoms with Crippen LogP contribution >= 0.6 is 8.15 Å². The lowest BCUT2D eigenvalue weighted by molar-refractivity contribution is -0.142. The van der Waals surface area contributed by atoms with Gasteiger partial charge in [0, 0.05) is 10.6 Å². The van der Waals surface area contributed by atoms with Crippen molar-refractivity contribution in [3.05, 3.63) is 120 Å². The van der Waals surface area contributed by atoms with Gasteiger partial charge in [0.05, 0.1) is 10.8 Å².